The molecule has 0 saturated carbocycles. The van der Waals surface area contributed by atoms with E-state index in [-0.39, 0.29) is 0 Å². The highest BCUT2D eigenvalue weighted by molar-refractivity contribution is 5.55. The smallest absolute Gasteiger partial charge is 0.0377 e. The summed E-state index contributed by atoms with van der Waals surface area (Å²) < 4.78 is 0. The van der Waals surface area contributed by atoms with E-state index in [0.29, 0.717) is 6.04 Å². The van der Waals surface area contributed by atoms with Gasteiger partial charge in [0.15, 0.2) is 0 Å². The topological polar surface area (TPSA) is 12.0 Å². The second-order valence-corrected chi connectivity index (χ2v) is 5.77. The Kier molecular flexibility index (Phi) is 5.10. The molecule has 1 aromatic carbocycles. The van der Waals surface area contributed by atoms with Gasteiger partial charge in [0.2, 0.25) is 0 Å². The van der Waals surface area contributed by atoms with Gasteiger partial charge in [-0.15, -0.1) is 0 Å². The van der Waals surface area contributed by atoms with Gasteiger partial charge >= 0.3 is 0 Å². The molecule has 0 bridgehead atoms. The Morgan fingerprint density at radius 1 is 1.11 bits per heavy atom. The van der Waals surface area contributed by atoms with E-state index in [1.54, 1.807) is 5.56 Å². The van der Waals surface area contributed by atoms with Crippen molar-refractivity contribution in [1.29, 1.82) is 0 Å². The molecule has 0 spiro atoms. The number of fused-ring (bicyclic) bond motifs is 1. The van der Waals surface area contributed by atoms with Crippen molar-refractivity contribution in [3.05, 3.63) is 29.8 Å². The molecular weight excluding hydrogens is 218 g/mol. The monoisotopic (exact) mass is 245 g/mol. The normalized spacial score (nSPS) is 22.3. The maximum atomic E-state index is 3.60. The molecule has 1 aliphatic heterocycles. The molecule has 2 unspecified atom stereocenters. The Morgan fingerprint density at radius 2 is 1.89 bits per heavy atom. The minimum absolute atomic E-state index is 0.626. The van der Waals surface area contributed by atoms with Crippen molar-refractivity contribution in [1.82, 2.24) is 0 Å². The van der Waals surface area contributed by atoms with Crippen LogP contribution in [0.3, 0.4) is 0 Å². The molecule has 0 aliphatic carbocycles. The molecule has 0 aromatic heterocycles. The second-order valence-electron chi connectivity index (χ2n) is 5.77. The fourth-order valence-electron chi connectivity index (χ4n) is 3.13. The van der Waals surface area contributed by atoms with Gasteiger partial charge in [-0.05, 0) is 37.3 Å². The van der Waals surface area contributed by atoms with E-state index in [4.69, 9.17) is 0 Å². The lowest BCUT2D eigenvalue weighted by Gasteiger charge is -2.31. The van der Waals surface area contributed by atoms with Crippen LogP contribution in [-0.2, 0) is 0 Å². The highest BCUT2D eigenvalue weighted by Crippen LogP contribution is 2.37. The summed E-state index contributed by atoms with van der Waals surface area (Å²) in [6.07, 6.45) is 9.63. The molecule has 1 nitrogen and oxygen atoms in total. The molecular formula is C17H27N. The fraction of sp³-hybridized carbons (Fsp3) is 0.647. The number of benzene rings is 1. The Morgan fingerprint density at radius 3 is 2.72 bits per heavy atom. The lowest BCUT2D eigenvalue weighted by Crippen LogP contribution is -2.25. The van der Waals surface area contributed by atoms with Crippen molar-refractivity contribution >= 4 is 5.69 Å². The quantitative estimate of drug-likeness (QED) is 0.667. The Hall–Kier alpha value is -0.980. The van der Waals surface area contributed by atoms with Crippen LogP contribution in [0, 0.1) is 0 Å². The minimum Gasteiger partial charge on any atom is -0.382 e. The molecule has 1 heteroatoms. The summed E-state index contributed by atoms with van der Waals surface area (Å²) in [5.74, 6) is 0.777. The van der Waals surface area contributed by atoms with E-state index in [9.17, 15) is 0 Å². The van der Waals surface area contributed by atoms with Crippen molar-refractivity contribution in [2.24, 2.45) is 0 Å². The zero-order valence-corrected chi connectivity index (χ0v) is 11.9. The van der Waals surface area contributed by atoms with Crippen molar-refractivity contribution in [2.75, 3.05) is 5.32 Å². The third-order valence-electron chi connectivity index (χ3n) is 4.10. The zero-order valence-electron chi connectivity index (χ0n) is 11.9. The lowest BCUT2D eigenvalue weighted by atomic mass is 9.84. The van der Waals surface area contributed by atoms with Gasteiger partial charge in [-0.25, -0.2) is 0 Å². The predicted octanol–water partition coefficient (Wildman–Crippen LogP) is 5.33. The standard InChI is InChI=1S/C17H27N/c1-3-4-5-6-7-10-15-13-14(2)18-17-12-9-8-11-16(15)17/h8-9,11-12,14-15,18H,3-7,10,13H2,1-2H3. The minimum atomic E-state index is 0.626. The number of anilines is 1. The summed E-state index contributed by atoms with van der Waals surface area (Å²) in [7, 11) is 0. The van der Waals surface area contributed by atoms with E-state index in [1.165, 1.54) is 50.6 Å². The van der Waals surface area contributed by atoms with Crippen LogP contribution in [0.5, 0.6) is 0 Å². The van der Waals surface area contributed by atoms with Crippen LogP contribution in [0.2, 0.25) is 0 Å². The third kappa shape index (κ3) is 3.51. The molecule has 100 valence electrons. The van der Waals surface area contributed by atoms with Crippen LogP contribution in [0.4, 0.5) is 5.69 Å². The van der Waals surface area contributed by atoms with Gasteiger partial charge in [-0.3, -0.25) is 0 Å². The number of hydrogen-bond donors (Lipinski definition) is 1. The molecule has 1 aromatic rings. The molecule has 1 N–H and O–H groups in total. The molecule has 2 rings (SSSR count). The average Bonchev–Trinajstić information content (AvgIpc) is 2.38. The van der Waals surface area contributed by atoms with Gasteiger partial charge in [-0.2, -0.15) is 0 Å². The summed E-state index contributed by atoms with van der Waals surface area (Å²) in [6, 6.07) is 9.49. The van der Waals surface area contributed by atoms with Gasteiger partial charge in [0.05, 0.1) is 0 Å². The maximum Gasteiger partial charge on any atom is 0.0377 e. The first-order valence-electron chi connectivity index (χ1n) is 7.66. The van der Waals surface area contributed by atoms with Gasteiger partial charge in [-0.1, -0.05) is 57.2 Å². The number of hydrogen-bond acceptors (Lipinski definition) is 1. The first-order chi connectivity index (χ1) is 8.81. The van der Waals surface area contributed by atoms with E-state index in [0.717, 1.165) is 5.92 Å². The maximum absolute atomic E-state index is 3.60. The van der Waals surface area contributed by atoms with Crippen molar-refractivity contribution < 1.29 is 0 Å². The van der Waals surface area contributed by atoms with Crippen molar-refractivity contribution in [3.8, 4) is 0 Å². The first kappa shape index (κ1) is 13.5. The van der Waals surface area contributed by atoms with Crippen LogP contribution in [0.1, 0.15) is 70.3 Å². The summed E-state index contributed by atoms with van der Waals surface area (Å²) >= 11 is 0. The summed E-state index contributed by atoms with van der Waals surface area (Å²) in [4.78, 5) is 0. The van der Waals surface area contributed by atoms with E-state index in [2.05, 4.69) is 43.4 Å². The number of rotatable bonds is 6. The van der Waals surface area contributed by atoms with E-state index in [1.807, 2.05) is 0 Å². The Labute approximate surface area is 112 Å². The number of para-hydroxylation sites is 1. The molecule has 2 atom stereocenters. The summed E-state index contributed by atoms with van der Waals surface area (Å²) in [6.45, 7) is 4.59. The van der Waals surface area contributed by atoms with Gasteiger partial charge in [0.25, 0.3) is 0 Å². The van der Waals surface area contributed by atoms with Crippen LogP contribution in [-0.4, -0.2) is 6.04 Å². The van der Waals surface area contributed by atoms with Crippen LogP contribution in [0.15, 0.2) is 24.3 Å². The summed E-state index contributed by atoms with van der Waals surface area (Å²) in [5.41, 5.74) is 2.92. The first-order valence-corrected chi connectivity index (χ1v) is 7.66. The lowest BCUT2D eigenvalue weighted by molar-refractivity contribution is 0.487. The Balaban J connectivity index is 1.88. The van der Waals surface area contributed by atoms with Gasteiger partial charge in [0.1, 0.15) is 0 Å². The zero-order chi connectivity index (χ0) is 12.8. The second kappa shape index (κ2) is 6.82. The van der Waals surface area contributed by atoms with Gasteiger partial charge in [0, 0.05) is 11.7 Å². The third-order valence-corrected chi connectivity index (χ3v) is 4.10. The van der Waals surface area contributed by atoms with Crippen LogP contribution >= 0.6 is 0 Å². The van der Waals surface area contributed by atoms with E-state index >= 15 is 0 Å². The highest BCUT2D eigenvalue weighted by Gasteiger charge is 2.22. The largest absolute Gasteiger partial charge is 0.382 e. The van der Waals surface area contributed by atoms with Crippen LogP contribution < -0.4 is 5.32 Å². The molecule has 0 radical (unpaired) electrons. The molecule has 18 heavy (non-hydrogen) atoms. The fourth-order valence-corrected chi connectivity index (χ4v) is 3.13. The Bertz CT molecular complexity index is 358. The van der Waals surface area contributed by atoms with Crippen LogP contribution in [0.25, 0.3) is 0 Å². The van der Waals surface area contributed by atoms with Crippen molar-refractivity contribution in [3.63, 3.8) is 0 Å². The summed E-state index contributed by atoms with van der Waals surface area (Å²) in [5, 5.41) is 3.60. The predicted molar refractivity (Wildman–Crippen MR) is 80.3 cm³/mol. The molecule has 0 saturated heterocycles. The average molecular weight is 245 g/mol. The molecule has 0 fully saturated rings. The molecule has 1 aliphatic rings. The SMILES string of the molecule is CCCCCCCC1CC(C)Nc2ccccc21. The van der Waals surface area contributed by atoms with Crippen molar-refractivity contribution in [2.45, 2.75) is 70.8 Å². The highest BCUT2D eigenvalue weighted by atomic mass is 14.9. The number of nitrogens with one attached hydrogen (secondary N) is 1. The van der Waals surface area contributed by atoms with Gasteiger partial charge < -0.3 is 5.32 Å². The molecule has 0 amide bonds. The number of unbranched alkanes of at least 4 members (excludes halogenated alkanes) is 4. The van der Waals surface area contributed by atoms with E-state index < -0.39 is 0 Å². The molecule has 1 heterocycles.